The maximum absolute atomic E-state index is 12.0. The molecule has 2 nitrogen and oxygen atoms in total. The lowest BCUT2D eigenvalue weighted by Crippen LogP contribution is -2.21. The zero-order valence-corrected chi connectivity index (χ0v) is 11.1. The van der Waals surface area contributed by atoms with Gasteiger partial charge in [0.05, 0.1) is 0 Å². The molecule has 2 saturated carbocycles. The van der Waals surface area contributed by atoms with E-state index in [2.05, 4.69) is 0 Å². The SMILES string of the molecule is COCCC1CCC(=O)C1CC1CCCCC1. The van der Waals surface area contributed by atoms with Crippen molar-refractivity contribution in [1.29, 1.82) is 0 Å². The first-order valence-corrected chi connectivity index (χ1v) is 7.33. The van der Waals surface area contributed by atoms with Gasteiger partial charge in [-0.05, 0) is 31.1 Å². The molecule has 2 rings (SSSR count). The second-order valence-corrected chi connectivity index (χ2v) is 5.89. The molecule has 0 aliphatic heterocycles. The van der Waals surface area contributed by atoms with Crippen LogP contribution in [0, 0.1) is 17.8 Å². The first kappa shape index (κ1) is 13.1. The smallest absolute Gasteiger partial charge is 0.136 e. The highest BCUT2D eigenvalue weighted by Gasteiger charge is 2.35. The molecule has 2 atom stereocenters. The van der Waals surface area contributed by atoms with Crippen molar-refractivity contribution < 1.29 is 9.53 Å². The molecule has 2 unspecified atom stereocenters. The van der Waals surface area contributed by atoms with E-state index in [4.69, 9.17) is 4.74 Å². The predicted octanol–water partition coefficient (Wildman–Crippen LogP) is 3.59. The standard InChI is InChI=1S/C15H26O2/c1-17-10-9-13-7-8-15(16)14(13)11-12-5-3-2-4-6-12/h12-14H,2-11H2,1H3. The summed E-state index contributed by atoms with van der Waals surface area (Å²) in [6.45, 7) is 0.819. The van der Waals surface area contributed by atoms with Gasteiger partial charge in [-0.15, -0.1) is 0 Å². The van der Waals surface area contributed by atoms with Gasteiger partial charge in [-0.2, -0.15) is 0 Å². The molecule has 0 amide bonds. The van der Waals surface area contributed by atoms with Crippen LogP contribution in [0.25, 0.3) is 0 Å². The fourth-order valence-electron chi connectivity index (χ4n) is 3.70. The molecule has 0 bridgehead atoms. The zero-order chi connectivity index (χ0) is 12.1. The quantitative estimate of drug-likeness (QED) is 0.731. The molecular formula is C15H26O2. The summed E-state index contributed by atoms with van der Waals surface area (Å²) in [7, 11) is 1.76. The summed E-state index contributed by atoms with van der Waals surface area (Å²) < 4.78 is 5.17. The lowest BCUT2D eigenvalue weighted by atomic mass is 9.78. The van der Waals surface area contributed by atoms with E-state index in [0.717, 1.165) is 31.8 Å². The second kappa shape index (κ2) is 6.53. The van der Waals surface area contributed by atoms with Crippen molar-refractivity contribution in [2.45, 2.75) is 57.8 Å². The summed E-state index contributed by atoms with van der Waals surface area (Å²) in [5, 5.41) is 0. The normalized spacial score (nSPS) is 31.0. The zero-order valence-electron chi connectivity index (χ0n) is 11.1. The van der Waals surface area contributed by atoms with E-state index < -0.39 is 0 Å². The van der Waals surface area contributed by atoms with Crippen LogP contribution < -0.4 is 0 Å². The van der Waals surface area contributed by atoms with Crippen LogP contribution in [0.5, 0.6) is 0 Å². The highest BCUT2D eigenvalue weighted by atomic mass is 16.5. The maximum Gasteiger partial charge on any atom is 0.136 e. The number of Topliss-reactive ketones (excluding diaryl/α,β-unsaturated/α-hetero) is 1. The molecule has 0 aromatic carbocycles. The van der Waals surface area contributed by atoms with Gasteiger partial charge in [-0.3, -0.25) is 4.79 Å². The van der Waals surface area contributed by atoms with E-state index in [9.17, 15) is 4.79 Å². The number of methoxy groups -OCH3 is 1. The van der Waals surface area contributed by atoms with E-state index in [1.165, 1.54) is 38.5 Å². The molecule has 0 spiro atoms. The van der Waals surface area contributed by atoms with Crippen LogP contribution in [0.2, 0.25) is 0 Å². The topological polar surface area (TPSA) is 26.3 Å². The molecule has 2 heteroatoms. The predicted molar refractivity (Wildman–Crippen MR) is 68.9 cm³/mol. The Morgan fingerprint density at radius 2 is 1.94 bits per heavy atom. The Kier molecular flexibility index (Phi) is 5.02. The molecule has 2 aliphatic carbocycles. The fourth-order valence-corrected chi connectivity index (χ4v) is 3.70. The van der Waals surface area contributed by atoms with Crippen LogP contribution in [-0.2, 0) is 9.53 Å². The van der Waals surface area contributed by atoms with Gasteiger partial charge in [0.25, 0.3) is 0 Å². The molecule has 0 saturated heterocycles. The summed E-state index contributed by atoms with van der Waals surface area (Å²) in [5.41, 5.74) is 0. The van der Waals surface area contributed by atoms with Crippen LogP contribution in [-0.4, -0.2) is 19.5 Å². The molecule has 98 valence electrons. The molecule has 0 aromatic heterocycles. The molecule has 0 aromatic rings. The Bertz CT molecular complexity index is 243. The lowest BCUT2D eigenvalue weighted by molar-refractivity contribution is -0.122. The third-order valence-electron chi connectivity index (χ3n) is 4.75. The van der Waals surface area contributed by atoms with Crippen molar-refractivity contribution in [2.24, 2.45) is 17.8 Å². The van der Waals surface area contributed by atoms with Gasteiger partial charge in [0.15, 0.2) is 0 Å². The molecule has 0 heterocycles. The Labute approximate surface area is 105 Å². The number of carbonyl (C=O) groups is 1. The maximum atomic E-state index is 12.0. The summed E-state index contributed by atoms with van der Waals surface area (Å²) in [4.78, 5) is 12.0. The number of ether oxygens (including phenoxy) is 1. The van der Waals surface area contributed by atoms with Crippen molar-refractivity contribution in [1.82, 2.24) is 0 Å². The van der Waals surface area contributed by atoms with Gasteiger partial charge in [-0.25, -0.2) is 0 Å². The van der Waals surface area contributed by atoms with Crippen LogP contribution in [0.4, 0.5) is 0 Å². The summed E-state index contributed by atoms with van der Waals surface area (Å²) in [6, 6.07) is 0. The second-order valence-electron chi connectivity index (χ2n) is 5.89. The lowest BCUT2D eigenvalue weighted by Gasteiger charge is -2.26. The van der Waals surface area contributed by atoms with Crippen molar-refractivity contribution in [3.8, 4) is 0 Å². The Morgan fingerprint density at radius 1 is 1.18 bits per heavy atom. The van der Waals surface area contributed by atoms with E-state index in [1.807, 2.05) is 0 Å². The number of ketones is 1. The number of hydrogen-bond donors (Lipinski definition) is 0. The molecule has 2 fully saturated rings. The summed E-state index contributed by atoms with van der Waals surface area (Å²) >= 11 is 0. The minimum absolute atomic E-state index is 0.369. The summed E-state index contributed by atoms with van der Waals surface area (Å²) in [6.07, 6.45) is 11.1. The largest absolute Gasteiger partial charge is 0.385 e. The Morgan fingerprint density at radius 3 is 2.65 bits per heavy atom. The average molecular weight is 238 g/mol. The van der Waals surface area contributed by atoms with Gasteiger partial charge < -0.3 is 4.74 Å². The van der Waals surface area contributed by atoms with Crippen molar-refractivity contribution in [3.05, 3.63) is 0 Å². The number of hydrogen-bond acceptors (Lipinski definition) is 2. The molecule has 0 radical (unpaired) electrons. The van der Waals surface area contributed by atoms with Crippen LogP contribution in [0.15, 0.2) is 0 Å². The van der Waals surface area contributed by atoms with Crippen LogP contribution in [0.1, 0.15) is 57.8 Å². The first-order chi connectivity index (χ1) is 8.31. The van der Waals surface area contributed by atoms with Crippen molar-refractivity contribution in [3.63, 3.8) is 0 Å². The van der Waals surface area contributed by atoms with E-state index in [-0.39, 0.29) is 0 Å². The third-order valence-corrected chi connectivity index (χ3v) is 4.75. The van der Waals surface area contributed by atoms with Crippen molar-refractivity contribution >= 4 is 5.78 Å². The third kappa shape index (κ3) is 3.54. The van der Waals surface area contributed by atoms with Gasteiger partial charge >= 0.3 is 0 Å². The first-order valence-electron chi connectivity index (χ1n) is 7.33. The Balaban J connectivity index is 1.84. The van der Waals surface area contributed by atoms with E-state index >= 15 is 0 Å². The molecule has 17 heavy (non-hydrogen) atoms. The van der Waals surface area contributed by atoms with Gasteiger partial charge in [-0.1, -0.05) is 32.1 Å². The minimum Gasteiger partial charge on any atom is -0.385 e. The van der Waals surface area contributed by atoms with Crippen LogP contribution in [0.3, 0.4) is 0 Å². The van der Waals surface area contributed by atoms with Crippen molar-refractivity contribution in [2.75, 3.05) is 13.7 Å². The summed E-state index contributed by atoms with van der Waals surface area (Å²) in [5.74, 6) is 2.36. The van der Waals surface area contributed by atoms with Gasteiger partial charge in [0.2, 0.25) is 0 Å². The average Bonchev–Trinajstić information content (AvgIpc) is 2.70. The number of rotatable bonds is 5. The van der Waals surface area contributed by atoms with Crippen LogP contribution >= 0.6 is 0 Å². The molecule has 0 N–H and O–H groups in total. The van der Waals surface area contributed by atoms with E-state index in [0.29, 0.717) is 17.6 Å². The minimum atomic E-state index is 0.369. The highest BCUT2D eigenvalue weighted by Crippen LogP contribution is 2.39. The number of carbonyl (C=O) groups excluding carboxylic acids is 1. The van der Waals surface area contributed by atoms with E-state index in [1.54, 1.807) is 7.11 Å². The molecular weight excluding hydrogens is 212 g/mol. The van der Waals surface area contributed by atoms with Gasteiger partial charge in [0.1, 0.15) is 5.78 Å². The fraction of sp³-hybridized carbons (Fsp3) is 0.933. The van der Waals surface area contributed by atoms with Gasteiger partial charge in [0, 0.05) is 26.1 Å². The Hall–Kier alpha value is -0.370. The highest BCUT2D eigenvalue weighted by molar-refractivity contribution is 5.83. The molecule has 2 aliphatic rings. The monoisotopic (exact) mass is 238 g/mol.